The van der Waals surface area contributed by atoms with E-state index in [4.69, 9.17) is 0 Å². The van der Waals surface area contributed by atoms with Gasteiger partial charge in [0.05, 0.1) is 11.0 Å². The Labute approximate surface area is 171 Å². The van der Waals surface area contributed by atoms with Crippen molar-refractivity contribution in [2.24, 2.45) is 4.99 Å². The lowest BCUT2D eigenvalue weighted by atomic mass is 10.3. The lowest BCUT2D eigenvalue weighted by Gasteiger charge is -2.36. The zero-order valence-electron chi connectivity index (χ0n) is 17.1. The Balaban J connectivity index is 1.26. The standard InChI is InChI=1S/C21H28N8/c1-17-26-18-7-3-4-8-19(18)29(17)12-6-11-23-20(22-2)27-13-15-28(16-14-27)21-24-9-5-10-25-21/h3-5,7-10H,6,11-16H2,1-2H3,(H,22,23). The minimum Gasteiger partial charge on any atom is -0.356 e. The number of nitrogens with zero attached hydrogens (tertiary/aromatic N) is 7. The molecule has 1 aliphatic heterocycles. The fourth-order valence-electron chi connectivity index (χ4n) is 3.82. The first kappa shape index (κ1) is 19.2. The maximum Gasteiger partial charge on any atom is 0.225 e. The number of nitrogens with one attached hydrogen (secondary N) is 1. The number of piperazine rings is 1. The Morgan fingerprint density at radius 2 is 1.83 bits per heavy atom. The first-order valence-corrected chi connectivity index (χ1v) is 10.2. The highest BCUT2D eigenvalue weighted by atomic mass is 15.4. The molecule has 0 unspecified atom stereocenters. The van der Waals surface area contributed by atoms with Crippen molar-refractivity contribution in [2.75, 3.05) is 44.7 Å². The summed E-state index contributed by atoms with van der Waals surface area (Å²) in [5, 5.41) is 3.52. The summed E-state index contributed by atoms with van der Waals surface area (Å²) in [7, 11) is 1.85. The molecule has 2 aromatic heterocycles. The average molecular weight is 393 g/mol. The van der Waals surface area contributed by atoms with Gasteiger partial charge < -0.3 is 19.7 Å². The Hall–Kier alpha value is -3.16. The van der Waals surface area contributed by atoms with Crippen molar-refractivity contribution in [2.45, 2.75) is 19.9 Å². The minimum absolute atomic E-state index is 0.804. The molecule has 3 aromatic rings. The van der Waals surface area contributed by atoms with E-state index < -0.39 is 0 Å². The van der Waals surface area contributed by atoms with Crippen molar-refractivity contribution < 1.29 is 0 Å². The molecule has 1 aromatic carbocycles. The Morgan fingerprint density at radius 3 is 2.59 bits per heavy atom. The van der Waals surface area contributed by atoms with Gasteiger partial charge in [-0.1, -0.05) is 12.1 Å². The van der Waals surface area contributed by atoms with Crippen LogP contribution in [0.3, 0.4) is 0 Å². The van der Waals surface area contributed by atoms with Gasteiger partial charge in [-0.3, -0.25) is 4.99 Å². The smallest absolute Gasteiger partial charge is 0.225 e. The van der Waals surface area contributed by atoms with Crippen LogP contribution in [-0.2, 0) is 6.54 Å². The summed E-state index contributed by atoms with van der Waals surface area (Å²) in [4.78, 5) is 22.3. The van der Waals surface area contributed by atoms with E-state index in [0.29, 0.717) is 0 Å². The summed E-state index contributed by atoms with van der Waals surface area (Å²) in [5.74, 6) is 2.83. The molecule has 4 rings (SSSR count). The van der Waals surface area contributed by atoms with Crippen LogP contribution in [0.1, 0.15) is 12.2 Å². The molecule has 0 atom stereocenters. The zero-order chi connectivity index (χ0) is 20.1. The largest absolute Gasteiger partial charge is 0.356 e. The van der Waals surface area contributed by atoms with Crippen LogP contribution in [0.25, 0.3) is 11.0 Å². The molecule has 0 spiro atoms. The summed E-state index contributed by atoms with van der Waals surface area (Å²) in [6, 6.07) is 10.2. The molecule has 1 aliphatic rings. The maximum absolute atomic E-state index is 4.64. The van der Waals surface area contributed by atoms with Gasteiger partial charge in [-0.25, -0.2) is 15.0 Å². The van der Waals surface area contributed by atoms with Gasteiger partial charge in [-0.15, -0.1) is 0 Å². The predicted octanol–water partition coefficient (Wildman–Crippen LogP) is 1.92. The Bertz CT molecular complexity index is 957. The molecule has 152 valence electrons. The molecular formula is C21H28N8. The number of imidazole rings is 1. The molecule has 8 nitrogen and oxygen atoms in total. The maximum atomic E-state index is 4.64. The SMILES string of the molecule is CN=C(NCCCn1c(C)nc2ccccc21)N1CCN(c2ncccn2)CC1. The molecule has 1 fully saturated rings. The molecule has 3 heterocycles. The number of hydrogen-bond donors (Lipinski definition) is 1. The molecular weight excluding hydrogens is 364 g/mol. The van der Waals surface area contributed by atoms with Crippen LogP contribution < -0.4 is 10.2 Å². The van der Waals surface area contributed by atoms with E-state index in [1.54, 1.807) is 12.4 Å². The lowest BCUT2D eigenvalue weighted by Crippen LogP contribution is -2.53. The molecule has 0 aliphatic carbocycles. The van der Waals surface area contributed by atoms with Crippen molar-refractivity contribution in [1.29, 1.82) is 0 Å². The number of guanidine groups is 1. The van der Waals surface area contributed by atoms with Crippen LogP contribution >= 0.6 is 0 Å². The highest BCUT2D eigenvalue weighted by Gasteiger charge is 2.20. The van der Waals surface area contributed by atoms with E-state index in [1.807, 2.05) is 19.2 Å². The van der Waals surface area contributed by atoms with E-state index >= 15 is 0 Å². The van der Waals surface area contributed by atoms with Crippen LogP contribution in [0.2, 0.25) is 0 Å². The average Bonchev–Trinajstić information content (AvgIpc) is 3.10. The predicted molar refractivity (Wildman–Crippen MR) is 116 cm³/mol. The fraction of sp³-hybridized carbons (Fsp3) is 0.429. The van der Waals surface area contributed by atoms with Gasteiger partial charge in [0.25, 0.3) is 0 Å². The molecule has 1 N–H and O–H groups in total. The second kappa shape index (κ2) is 8.89. The van der Waals surface area contributed by atoms with Gasteiger partial charge >= 0.3 is 0 Å². The third-order valence-corrected chi connectivity index (χ3v) is 5.31. The van der Waals surface area contributed by atoms with E-state index in [9.17, 15) is 0 Å². The van der Waals surface area contributed by atoms with Crippen LogP contribution in [0.15, 0.2) is 47.7 Å². The number of rotatable bonds is 5. The third kappa shape index (κ3) is 4.31. The quantitative estimate of drug-likeness (QED) is 0.406. The van der Waals surface area contributed by atoms with Gasteiger partial charge in [0.1, 0.15) is 5.82 Å². The second-order valence-electron chi connectivity index (χ2n) is 7.15. The number of benzene rings is 1. The van der Waals surface area contributed by atoms with Crippen molar-refractivity contribution in [3.05, 3.63) is 48.5 Å². The molecule has 29 heavy (non-hydrogen) atoms. The van der Waals surface area contributed by atoms with Crippen LogP contribution in [0.5, 0.6) is 0 Å². The zero-order valence-corrected chi connectivity index (χ0v) is 17.1. The number of para-hydroxylation sites is 2. The molecule has 1 saturated heterocycles. The highest BCUT2D eigenvalue weighted by molar-refractivity contribution is 5.80. The number of aryl methyl sites for hydroxylation is 2. The van der Waals surface area contributed by atoms with Gasteiger partial charge in [-0.2, -0.15) is 0 Å². The summed E-state index contributed by atoms with van der Waals surface area (Å²) in [6.07, 6.45) is 4.60. The molecule has 0 saturated carbocycles. The van der Waals surface area contributed by atoms with E-state index in [2.05, 4.69) is 64.8 Å². The summed E-state index contributed by atoms with van der Waals surface area (Å²) >= 11 is 0. The summed E-state index contributed by atoms with van der Waals surface area (Å²) in [6.45, 7) is 7.49. The molecule has 8 heteroatoms. The van der Waals surface area contributed by atoms with Crippen molar-refractivity contribution >= 4 is 22.9 Å². The summed E-state index contributed by atoms with van der Waals surface area (Å²) in [5.41, 5.74) is 2.27. The monoisotopic (exact) mass is 392 g/mol. The molecule has 0 amide bonds. The number of anilines is 1. The fourth-order valence-corrected chi connectivity index (χ4v) is 3.82. The van der Waals surface area contributed by atoms with Gasteiger partial charge in [0, 0.05) is 58.7 Å². The highest BCUT2D eigenvalue weighted by Crippen LogP contribution is 2.15. The second-order valence-corrected chi connectivity index (χ2v) is 7.15. The van der Waals surface area contributed by atoms with E-state index in [-0.39, 0.29) is 0 Å². The van der Waals surface area contributed by atoms with E-state index in [1.165, 1.54) is 5.52 Å². The van der Waals surface area contributed by atoms with Gasteiger partial charge in [0.15, 0.2) is 5.96 Å². The first-order valence-electron chi connectivity index (χ1n) is 10.2. The number of aliphatic imine (C=N–C) groups is 1. The van der Waals surface area contributed by atoms with Crippen LogP contribution in [0.4, 0.5) is 5.95 Å². The minimum atomic E-state index is 0.804. The van der Waals surface area contributed by atoms with Crippen molar-refractivity contribution in [1.82, 2.24) is 29.7 Å². The number of aromatic nitrogens is 4. The normalized spacial score (nSPS) is 15.2. The van der Waals surface area contributed by atoms with Crippen molar-refractivity contribution in [3.8, 4) is 0 Å². The number of fused-ring (bicyclic) bond motifs is 1. The topological polar surface area (TPSA) is 74.5 Å². The van der Waals surface area contributed by atoms with Gasteiger partial charge in [0.2, 0.25) is 5.95 Å². The first-order chi connectivity index (χ1) is 14.3. The van der Waals surface area contributed by atoms with Crippen LogP contribution in [-0.4, -0.2) is 70.1 Å². The van der Waals surface area contributed by atoms with Crippen molar-refractivity contribution in [3.63, 3.8) is 0 Å². The number of hydrogen-bond acceptors (Lipinski definition) is 5. The van der Waals surface area contributed by atoms with Gasteiger partial charge in [-0.05, 0) is 31.5 Å². The van der Waals surface area contributed by atoms with Crippen LogP contribution in [0, 0.1) is 6.92 Å². The Morgan fingerprint density at radius 1 is 1.07 bits per heavy atom. The van der Waals surface area contributed by atoms with E-state index in [0.717, 1.165) is 68.9 Å². The summed E-state index contributed by atoms with van der Waals surface area (Å²) < 4.78 is 2.29. The molecule has 0 radical (unpaired) electrons. The Kier molecular flexibility index (Phi) is 5.88. The molecule has 0 bridgehead atoms. The third-order valence-electron chi connectivity index (χ3n) is 5.31. The lowest BCUT2D eigenvalue weighted by molar-refractivity contribution is 0.369.